The molecule has 1 spiro atoms. The molecule has 1 atom stereocenters. The number of carboxylic acid groups (broad SMARTS) is 1. The van der Waals surface area contributed by atoms with Gasteiger partial charge in [-0.2, -0.15) is 0 Å². The Hall–Kier alpha value is -2.12. The Morgan fingerprint density at radius 2 is 2.11 bits per heavy atom. The molecule has 2 heterocycles. The van der Waals surface area contributed by atoms with Crippen molar-refractivity contribution in [1.29, 1.82) is 0 Å². The Morgan fingerprint density at radius 3 is 2.74 bits per heavy atom. The van der Waals surface area contributed by atoms with Crippen LogP contribution in [-0.2, 0) is 27.5 Å². The topological polar surface area (TPSA) is 88.1 Å². The summed E-state index contributed by atoms with van der Waals surface area (Å²) in [5.41, 5.74) is 1.62. The van der Waals surface area contributed by atoms with E-state index in [0.717, 1.165) is 30.9 Å². The van der Waals surface area contributed by atoms with E-state index in [-0.39, 0.29) is 12.3 Å². The molecule has 0 radical (unpaired) electrons. The van der Waals surface area contributed by atoms with E-state index in [2.05, 4.69) is 22.3 Å². The molecule has 0 saturated carbocycles. The molecule has 0 aromatic heterocycles. The number of carbonyl (C=O) groups excluding carboxylic acids is 1. The zero-order valence-corrected chi connectivity index (χ0v) is 16.0. The number of benzene rings is 1. The van der Waals surface area contributed by atoms with Gasteiger partial charge in [0.2, 0.25) is 5.91 Å². The van der Waals surface area contributed by atoms with E-state index in [4.69, 9.17) is 9.47 Å². The molecular weight excluding hydrogens is 348 g/mol. The number of amides is 1. The summed E-state index contributed by atoms with van der Waals surface area (Å²) in [5, 5.41) is 12.4. The van der Waals surface area contributed by atoms with Gasteiger partial charge in [0.15, 0.2) is 0 Å². The molecule has 27 heavy (non-hydrogen) atoms. The number of aliphatic carboxylic acids is 1. The molecule has 1 amide bonds. The number of hydrogen-bond donors (Lipinski definition) is 2. The van der Waals surface area contributed by atoms with Crippen LogP contribution in [0.4, 0.5) is 0 Å². The second-order valence-electron chi connectivity index (χ2n) is 7.36. The van der Waals surface area contributed by atoms with Gasteiger partial charge in [0, 0.05) is 38.2 Å². The smallest absolute Gasteiger partial charge is 0.309 e. The van der Waals surface area contributed by atoms with E-state index in [1.807, 2.05) is 13.0 Å². The Balaban J connectivity index is 1.64. The number of rotatable bonds is 7. The highest BCUT2D eigenvalue weighted by Crippen LogP contribution is 2.37. The number of hydrogen-bond acceptors (Lipinski definition) is 5. The van der Waals surface area contributed by atoms with E-state index < -0.39 is 17.4 Å². The molecule has 7 heteroatoms. The number of ether oxygens (including phenoxy) is 2. The van der Waals surface area contributed by atoms with Crippen molar-refractivity contribution in [1.82, 2.24) is 10.2 Å². The first kappa shape index (κ1) is 19.6. The summed E-state index contributed by atoms with van der Waals surface area (Å²) in [6, 6.07) is 6.12. The normalized spacial score (nSPS) is 22.0. The van der Waals surface area contributed by atoms with Crippen LogP contribution in [0.2, 0.25) is 0 Å². The van der Waals surface area contributed by atoms with Crippen LogP contribution in [0.25, 0.3) is 0 Å². The van der Waals surface area contributed by atoms with Crippen molar-refractivity contribution in [3.05, 3.63) is 29.3 Å². The molecule has 148 valence electrons. The van der Waals surface area contributed by atoms with E-state index in [0.29, 0.717) is 26.1 Å². The maximum absolute atomic E-state index is 11.8. The summed E-state index contributed by atoms with van der Waals surface area (Å²) >= 11 is 0. The fourth-order valence-corrected chi connectivity index (χ4v) is 4.22. The first-order chi connectivity index (χ1) is 13.0. The maximum Gasteiger partial charge on any atom is 0.309 e. The average molecular weight is 376 g/mol. The largest absolute Gasteiger partial charge is 0.496 e. The van der Waals surface area contributed by atoms with Crippen LogP contribution in [0, 0.1) is 5.92 Å². The van der Waals surface area contributed by atoms with Crippen molar-refractivity contribution in [2.75, 3.05) is 26.8 Å². The lowest BCUT2D eigenvalue weighted by atomic mass is 9.77. The minimum atomic E-state index is -0.877. The molecular formula is C20H28N2O5. The average Bonchev–Trinajstić information content (AvgIpc) is 2.98. The summed E-state index contributed by atoms with van der Waals surface area (Å²) < 4.78 is 10.9. The zero-order chi connectivity index (χ0) is 19.4. The molecule has 0 bridgehead atoms. The molecule has 3 rings (SSSR count). The molecule has 1 aromatic rings. The third kappa shape index (κ3) is 4.25. The predicted octanol–water partition coefficient (Wildman–Crippen LogP) is 1.79. The molecule has 7 nitrogen and oxygen atoms in total. The van der Waals surface area contributed by atoms with Gasteiger partial charge in [-0.25, -0.2) is 0 Å². The van der Waals surface area contributed by atoms with Crippen LogP contribution in [0.1, 0.15) is 37.3 Å². The fraction of sp³-hybridized carbons (Fsp3) is 0.600. The Morgan fingerprint density at radius 1 is 1.37 bits per heavy atom. The minimum Gasteiger partial charge on any atom is -0.496 e. The van der Waals surface area contributed by atoms with Gasteiger partial charge in [-0.1, -0.05) is 6.07 Å². The van der Waals surface area contributed by atoms with Gasteiger partial charge in [-0.15, -0.1) is 0 Å². The minimum absolute atomic E-state index is 0.0919. The first-order valence-electron chi connectivity index (χ1n) is 9.47. The van der Waals surface area contributed by atoms with Crippen LogP contribution >= 0.6 is 0 Å². The van der Waals surface area contributed by atoms with Crippen LogP contribution in [0.5, 0.6) is 5.75 Å². The van der Waals surface area contributed by atoms with E-state index in [9.17, 15) is 14.7 Å². The Bertz CT molecular complexity index is 698. The summed E-state index contributed by atoms with van der Waals surface area (Å²) in [6.45, 7) is 5.44. The van der Waals surface area contributed by atoms with Crippen LogP contribution in [-0.4, -0.2) is 54.2 Å². The summed E-state index contributed by atoms with van der Waals surface area (Å²) in [4.78, 5) is 25.6. The first-order valence-corrected chi connectivity index (χ1v) is 9.47. The number of nitrogens with one attached hydrogen (secondary N) is 1. The number of piperidine rings is 1. The van der Waals surface area contributed by atoms with E-state index in [1.165, 1.54) is 5.56 Å². The summed E-state index contributed by atoms with van der Waals surface area (Å²) in [7, 11) is 1.66. The quantitative estimate of drug-likeness (QED) is 0.754. The lowest BCUT2D eigenvalue weighted by molar-refractivity contribution is -0.144. The molecule has 2 aliphatic rings. The lowest BCUT2D eigenvalue weighted by Gasteiger charge is -2.41. The van der Waals surface area contributed by atoms with E-state index in [1.54, 1.807) is 7.11 Å². The van der Waals surface area contributed by atoms with Crippen molar-refractivity contribution in [2.24, 2.45) is 5.92 Å². The van der Waals surface area contributed by atoms with Gasteiger partial charge in [0.05, 0.1) is 25.2 Å². The number of carbonyl (C=O) groups is 2. The Kier molecular flexibility index (Phi) is 6.01. The third-order valence-electron chi connectivity index (χ3n) is 5.70. The monoisotopic (exact) mass is 376 g/mol. The van der Waals surface area contributed by atoms with Gasteiger partial charge in [0.1, 0.15) is 5.75 Å². The number of nitrogens with zero attached hydrogens (tertiary/aromatic N) is 1. The number of carboxylic acids is 1. The number of likely N-dealkylation sites (tertiary alicyclic amines) is 1. The fourth-order valence-electron chi connectivity index (χ4n) is 4.22. The molecule has 2 aliphatic heterocycles. The van der Waals surface area contributed by atoms with Gasteiger partial charge in [-0.3, -0.25) is 14.5 Å². The van der Waals surface area contributed by atoms with E-state index >= 15 is 0 Å². The summed E-state index contributed by atoms with van der Waals surface area (Å²) in [6.07, 6.45) is 1.42. The maximum atomic E-state index is 11.8. The van der Waals surface area contributed by atoms with Crippen LogP contribution in [0.3, 0.4) is 0 Å². The molecule has 0 aliphatic carbocycles. The molecule has 2 saturated heterocycles. The number of methoxy groups -OCH3 is 1. The highest BCUT2D eigenvalue weighted by molar-refractivity contribution is 5.88. The lowest BCUT2D eigenvalue weighted by Crippen LogP contribution is -2.55. The molecule has 2 N–H and O–H groups in total. The van der Waals surface area contributed by atoms with Gasteiger partial charge >= 0.3 is 5.97 Å². The highest BCUT2D eigenvalue weighted by atomic mass is 16.5. The third-order valence-corrected chi connectivity index (χ3v) is 5.70. The van der Waals surface area contributed by atoms with Gasteiger partial charge in [-0.05, 0) is 37.5 Å². The van der Waals surface area contributed by atoms with Crippen LogP contribution in [0.15, 0.2) is 18.2 Å². The SMILES string of the molecule is CCOCc1cc(CN2CCC3(CC2)NC(=O)C[C@H]3C(=O)O)ccc1OC. The zero-order valence-electron chi connectivity index (χ0n) is 16.0. The Labute approximate surface area is 159 Å². The highest BCUT2D eigenvalue weighted by Gasteiger charge is 2.51. The van der Waals surface area contributed by atoms with Crippen molar-refractivity contribution >= 4 is 11.9 Å². The van der Waals surface area contributed by atoms with Crippen molar-refractivity contribution in [3.63, 3.8) is 0 Å². The van der Waals surface area contributed by atoms with Gasteiger partial charge in [0.25, 0.3) is 0 Å². The van der Waals surface area contributed by atoms with Gasteiger partial charge < -0.3 is 19.9 Å². The molecule has 0 unspecified atom stereocenters. The molecule has 2 fully saturated rings. The van der Waals surface area contributed by atoms with Crippen LogP contribution < -0.4 is 10.1 Å². The molecule has 1 aromatic carbocycles. The predicted molar refractivity (Wildman–Crippen MR) is 99.5 cm³/mol. The second kappa shape index (κ2) is 8.27. The van der Waals surface area contributed by atoms with Crippen molar-refractivity contribution in [2.45, 2.75) is 44.9 Å². The summed E-state index contributed by atoms with van der Waals surface area (Å²) in [5.74, 6) is -0.821. The standard InChI is InChI=1S/C20H28N2O5/c1-3-27-13-15-10-14(4-5-17(15)26-2)12-22-8-6-20(7-9-22)16(19(24)25)11-18(23)21-20/h4-5,10,16H,3,6-9,11-13H2,1-2H3,(H,21,23)(H,24,25)/t16-/m0/s1. The second-order valence-corrected chi connectivity index (χ2v) is 7.36. The van der Waals surface area contributed by atoms with Crippen molar-refractivity contribution in [3.8, 4) is 5.75 Å². The van der Waals surface area contributed by atoms with Crippen molar-refractivity contribution < 1.29 is 24.2 Å².